The molecule has 0 spiro atoms. The number of hydrogen-bond acceptors (Lipinski definition) is 5. The van der Waals surface area contributed by atoms with Gasteiger partial charge in [0.2, 0.25) is 6.79 Å². The Morgan fingerprint density at radius 1 is 1.24 bits per heavy atom. The minimum atomic E-state index is -0.913. The van der Waals surface area contributed by atoms with Crippen LogP contribution in [0.2, 0.25) is 0 Å². The number of carboxylic acid groups (broad SMARTS) is 1. The highest BCUT2D eigenvalue weighted by Gasteiger charge is 2.41. The molecule has 4 rings (SSSR count). The van der Waals surface area contributed by atoms with Gasteiger partial charge in [0, 0.05) is 32.3 Å². The highest BCUT2D eigenvalue weighted by atomic mass is 16.7. The van der Waals surface area contributed by atoms with Gasteiger partial charge in [0.1, 0.15) is 0 Å². The first-order valence-electron chi connectivity index (χ1n) is 7.93. The molecule has 3 heterocycles. The first kappa shape index (κ1) is 15.5. The lowest BCUT2D eigenvalue weighted by Crippen LogP contribution is -2.29. The smallest absolute Gasteiger partial charge is 0.308 e. The molecule has 1 aromatic heterocycles. The molecule has 2 aliphatic heterocycles. The fourth-order valence-corrected chi connectivity index (χ4v) is 3.42. The van der Waals surface area contributed by atoms with Crippen LogP contribution in [0.1, 0.15) is 21.8 Å². The molecule has 0 aliphatic carbocycles. The number of ether oxygens (including phenoxy) is 2. The number of benzene rings is 1. The van der Waals surface area contributed by atoms with E-state index in [1.807, 2.05) is 6.07 Å². The molecule has 1 saturated heterocycles. The van der Waals surface area contributed by atoms with Crippen LogP contribution >= 0.6 is 0 Å². The van der Waals surface area contributed by atoms with Crippen LogP contribution in [0.15, 0.2) is 30.6 Å². The van der Waals surface area contributed by atoms with E-state index in [2.05, 4.69) is 5.10 Å². The maximum atomic E-state index is 12.6. The third-order valence-corrected chi connectivity index (χ3v) is 4.70. The van der Waals surface area contributed by atoms with Crippen molar-refractivity contribution in [1.82, 2.24) is 14.7 Å². The van der Waals surface area contributed by atoms with Crippen molar-refractivity contribution in [3.8, 4) is 11.5 Å². The Labute approximate surface area is 143 Å². The molecule has 1 N–H and O–H groups in total. The summed E-state index contributed by atoms with van der Waals surface area (Å²) in [6, 6.07) is 5.43. The number of carbonyl (C=O) groups is 2. The van der Waals surface area contributed by atoms with E-state index in [1.165, 1.54) is 6.20 Å². The predicted molar refractivity (Wildman–Crippen MR) is 85.5 cm³/mol. The number of hydrogen-bond donors (Lipinski definition) is 1. The second-order valence-corrected chi connectivity index (χ2v) is 6.28. The lowest BCUT2D eigenvalue weighted by Gasteiger charge is -2.16. The quantitative estimate of drug-likeness (QED) is 0.897. The molecule has 8 heteroatoms. The molecule has 130 valence electrons. The van der Waals surface area contributed by atoms with Crippen molar-refractivity contribution < 1.29 is 24.2 Å². The van der Waals surface area contributed by atoms with E-state index in [0.717, 1.165) is 5.56 Å². The van der Waals surface area contributed by atoms with Crippen LogP contribution < -0.4 is 9.47 Å². The summed E-state index contributed by atoms with van der Waals surface area (Å²) >= 11 is 0. The number of rotatable bonds is 3. The molecule has 0 bridgehead atoms. The Kier molecular flexibility index (Phi) is 3.60. The maximum Gasteiger partial charge on any atom is 0.308 e. The summed E-state index contributed by atoms with van der Waals surface area (Å²) < 4.78 is 12.2. The van der Waals surface area contributed by atoms with Crippen LogP contribution in [0.4, 0.5) is 0 Å². The van der Waals surface area contributed by atoms with E-state index in [1.54, 1.807) is 35.0 Å². The molecule has 2 aromatic rings. The standard InChI is InChI=1S/C17H17N3O5/c1-19-6-11(5-18-19)16(21)20-7-12(13(8-20)17(22)23)10-2-3-14-15(4-10)25-9-24-14/h2-6,12-13H,7-9H2,1H3,(H,22,23)/t12-,13+/m0/s1. The summed E-state index contributed by atoms with van der Waals surface area (Å²) in [6.45, 7) is 0.671. The average molecular weight is 343 g/mol. The number of amides is 1. The Bertz CT molecular complexity index is 847. The van der Waals surface area contributed by atoms with Gasteiger partial charge >= 0.3 is 5.97 Å². The van der Waals surface area contributed by atoms with Crippen LogP contribution in [0.25, 0.3) is 0 Å². The summed E-state index contributed by atoms with van der Waals surface area (Å²) in [5, 5.41) is 13.6. The number of likely N-dealkylation sites (tertiary alicyclic amines) is 1. The van der Waals surface area contributed by atoms with Crippen molar-refractivity contribution in [2.24, 2.45) is 13.0 Å². The minimum absolute atomic E-state index is 0.164. The molecule has 25 heavy (non-hydrogen) atoms. The number of aliphatic carboxylic acids is 1. The summed E-state index contributed by atoms with van der Waals surface area (Å²) in [6.07, 6.45) is 3.12. The molecule has 0 unspecified atom stereocenters. The third-order valence-electron chi connectivity index (χ3n) is 4.70. The molecular weight excluding hydrogens is 326 g/mol. The summed E-state index contributed by atoms with van der Waals surface area (Å²) in [5.74, 6) is -0.823. The Morgan fingerprint density at radius 3 is 2.76 bits per heavy atom. The molecule has 2 atom stereocenters. The second-order valence-electron chi connectivity index (χ2n) is 6.28. The number of aryl methyl sites for hydroxylation is 1. The van der Waals surface area contributed by atoms with Gasteiger partial charge in [0.05, 0.1) is 17.7 Å². The number of carboxylic acids is 1. The van der Waals surface area contributed by atoms with Crippen molar-refractivity contribution in [1.29, 1.82) is 0 Å². The normalized spacial score (nSPS) is 21.6. The van der Waals surface area contributed by atoms with E-state index in [4.69, 9.17) is 9.47 Å². The topological polar surface area (TPSA) is 93.9 Å². The van der Waals surface area contributed by atoms with E-state index in [0.29, 0.717) is 23.6 Å². The van der Waals surface area contributed by atoms with Gasteiger partial charge in [-0.3, -0.25) is 14.3 Å². The van der Waals surface area contributed by atoms with Gasteiger partial charge in [-0.1, -0.05) is 6.07 Å². The maximum absolute atomic E-state index is 12.6. The zero-order chi connectivity index (χ0) is 17.6. The van der Waals surface area contributed by atoms with E-state index >= 15 is 0 Å². The molecular formula is C17H17N3O5. The van der Waals surface area contributed by atoms with Gasteiger partial charge in [0.25, 0.3) is 5.91 Å². The van der Waals surface area contributed by atoms with Crippen molar-refractivity contribution in [2.75, 3.05) is 19.9 Å². The third kappa shape index (κ3) is 2.69. The number of aromatic nitrogens is 2. The largest absolute Gasteiger partial charge is 0.481 e. The highest BCUT2D eigenvalue weighted by molar-refractivity contribution is 5.94. The number of nitrogens with zero attached hydrogens (tertiary/aromatic N) is 3. The van der Waals surface area contributed by atoms with Crippen LogP contribution in [0.5, 0.6) is 11.5 Å². The van der Waals surface area contributed by atoms with Crippen LogP contribution in [-0.4, -0.2) is 51.5 Å². The van der Waals surface area contributed by atoms with Crippen molar-refractivity contribution in [3.05, 3.63) is 41.7 Å². The predicted octanol–water partition coefficient (Wildman–Crippen LogP) is 1.09. The zero-order valence-corrected chi connectivity index (χ0v) is 13.6. The molecule has 8 nitrogen and oxygen atoms in total. The van der Waals surface area contributed by atoms with Gasteiger partial charge < -0.3 is 19.5 Å². The Hall–Kier alpha value is -3.03. The second kappa shape index (κ2) is 5.80. The number of fused-ring (bicyclic) bond motifs is 1. The highest BCUT2D eigenvalue weighted by Crippen LogP contribution is 2.39. The van der Waals surface area contributed by atoms with Gasteiger partial charge in [-0.15, -0.1) is 0 Å². The van der Waals surface area contributed by atoms with Gasteiger partial charge in [-0.25, -0.2) is 0 Å². The lowest BCUT2D eigenvalue weighted by atomic mass is 9.89. The monoisotopic (exact) mass is 343 g/mol. The fraction of sp³-hybridized carbons (Fsp3) is 0.353. The fourth-order valence-electron chi connectivity index (χ4n) is 3.42. The zero-order valence-electron chi connectivity index (χ0n) is 13.6. The molecule has 0 saturated carbocycles. The minimum Gasteiger partial charge on any atom is -0.481 e. The van der Waals surface area contributed by atoms with E-state index < -0.39 is 11.9 Å². The molecule has 1 fully saturated rings. The van der Waals surface area contributed by atoms with Gasteiger partial charge in [-0.05, 0) is 17.7 Å². The molecule has 2 aliphatic rings. The summed E-state index contributed by atoms with van der Waals surface area (Å²) in [5.41, 5.74) is 1.29. The first-order chi connectivity index (χ1) is 12.0. The summed E-state index contributed by atoms with van der Waals surface area (Å²) in [4.78, 5) is 25.9. The molecule has 0 radical (unpaired) electrons. The van der Waals surface area contributed by atoms with Crippen molar-refractivity contribution in [2.45, 2.75) is 5.92 Å². The van der Waals surface area contributed by atoms with Crippen molar-refractivity contribution in [3.63, 3.8) is 0 Å². The summed E-state index contributed by atoms with van der Waals surface area (Å²) in [7, 11) is 1.73. The van der Waals surface area contributed by atoms with E-state index in [9.17, 15) is 14.7 Å². The first-order valence-corrected chi connectivity index (χ1v) is 7.93. The average Bonchev–Trinajstić information content (AvgIpc) is 3.32. The van der Waals surface area contributed by atoms with Crippen LogP contribution in [0.3, 0.4) is 0 Å². The SMILES string of the molecule is Cn1cc(C(=O)N2C[C@@H](C(=O)O)[C@H](c3ccc4c(c3)OCO4)C2)cn1. The van der Waals surface area contributed by atoms with Crippen LogP contribution in [0, 0.1) is 5.92 Å². The Morgan fingerprint density at radius 2 is 2.04 bits per heavy atom. The van der Waals surface area contributed by atoms with Crippen LogP contribution in [-0.2, 0) is 11.8 Å². The van der Waals surface area contributed by atoms with E-state index in [-0.39, 0.29) is 25.2 Å². The van der Waals surface area contributed by atoms with Gasteiger partial charge in [-0.2, -0.15) is 5.10 Å². The Balaban J connectivity index is 1.61. The van der Waals surface area contributed by atoms with Gasteiger partial charge in [0.15, 0.2) is 11.5 Å². The number of carbonyl (C=O) groups excluding carboxylic acids is 1. The van der Waals surface area contributed by atoms with Crippen molar-refractivity contribution >= 4 is 11.9 Å². The lowest BCUT2D eigenvalue weighted by molar-refractivity contribution is -0.141. The molecule has 1 amide bonds. The molecule has 1 aromatic carbocycles.